The van der Waals surface area contributed by atoms with Crippen LogP contribution in [0.3, 0.4) is 0 Å². The van der Waals surface area contributed by atoms with Crippen LogP contribution < -0.4 is 4.72 Å². The Hall–Kier alpha value is -0.730. The standard InChI is InChI=1S/C12H15NO3S3/c1-9-5-6-11(18-9)10(16-2)8-13-19(14,15)12-4-3-7-17-12/h3-7,10,13H,8H2,1-2H3/t10-/m0/s1. The normalized spacial score (nSPS) is 13.6. The van der Waals surface area contributed by atoms with Crippen LogP contribution in [0.15, 0.2) is 33.9 Å². The molecule has 0 amide bonds. The molecule has 0 spiro atoms. The Bertz CT molecular complexity index is 616. The number of methoxy groups -OCH3 is 1. The first-order valence-electron chi connectivity index (χ1n) is 5.65. The topological polar surface area (TPSA) is 55.4 Å². The van der Waals surface area contributed by atoms with Crippen LogP contribution in [0.25, 0.3) is 0 Å². The summed E-state index contributed by atoms with van der Waals surface area (Å²) in [5.41, 5.74) is 0. The summed E-state index contributed by atoms with van der Waals surface area (Å²) in [4.78, 5) is 2.20. The molecular formula is C12H15NO3S3. The third-order valence-corrected chi connectivity index (χ3v) is 6.50. The Labute approximate surface area is 121 Å². The Morgan fingerprint density at radius 3 is 2.68 bits per heavy atom. The molecule has 2 aromatic heterocycles. The van der Waals surface area contributed by atoms with Crippen molar-refractivity contribution in [3.63, 3.8) is 0 Å². The summed E-state index contributed by atoms with van der Waals surface area (Å²) in [5, 5.41) is 1.74. The molecule has 1 atom stereocenters. The number of hydrogen-bond donors (Lipinski definition) is 1. The van der Waals surface area contributed by atoms with Gasteiger partial charge in [0, 0.05) is 23.4 Å². The molecule has 0 aliphatic carbocycles. The average Bonchev–Trinajstić information content (AvgIpc) is 3.01. The lowest BCUT2D eigenvalue weighted by molar-refractivity contribution is 0.110. The lowest BCUT2D eigenvalue weighted by Crippen LogP contribution is -2.28. The molecule has 0 aliphatic heterocycles. The molecule has 1 N–H and O–H groups in total. The van der Waals surface area contributed by atoms with Crippen molar-refractivity contribution in [3.8, 4) is 0 Å². The minimum atomic E-state index is -3.43. The maximum Gasteiger partial charge on any atom is 0.250 e. The predicted molar refractivity (Wildman–Crippen MR) is 78.3 cm³/mol. The number of aryl methyl sites for hydroxylation is 1. The second-order valence-corrected chi connectivity index (χ2v) is 8.22. The van der Waals surface area contributed by atoms with Gasteiger partial charge in [-0.2, -0.15) is 0 Å². The molecule has 2 heterocycles. The van der Waals surface area contributed by atoms with E-state index < -0.39 is 10.0 Å². The number of sulfonamides is 1. The zero-order valence-electron chi connectivity index (χ0n) is 10.6. The van der Waals surface area contributed by atoms with Crippen molar-refractivity contribution in [2.24, 2.45) is 0 Å². The van der Waals surface area contributed by atoms with Crippen molar-refractivity contribution in [2.75, 3.05) is 13.7 Å². The monoisotopic (exact) mass is 317 g/mol. The molecule has 2 aromatic rings. The summed E-state index contributed by atoms with van der Waals surface area (Å²) in [6.45, 7) is 2.24. The fourth-order valence-corrected chi connectivity index (χ4v) is 4.62. The molecule has 0 fully saturated rings. The molecule has 19 heavy (non-hydrogen) atoms. The largest absolute Gasteiger partial charge is 0.375 e. The van der Waals surface area contributed by atoms with Crippen LogP contribution in [-0.4, -0.2) is 22.1 Å². The molecule has 0 unspecified atom stereocenters. The number of rotatable bonds is 6. The van der Waals surface area contributed by atoms with E-state index in [9.17, 15) is 8.42 Å². The zero-order valence-corrected chi connectivity index (χ0v) is 13.1. The van der Waals surface area contributed by atoms with E-state index in [1.54, 1.807) is 36.0 Å². The zero-order chi connectivity index (χ0) is 13.9. The Morgan fingerprint density at radius 2 is 2.16 bits per heavy atom. The number of thiophene rings is 2. The van der Waals surface area contributed by atoms with Crippen LogP contribution >= 0.6 is 22.7 Å². The SMILES string of the molecule is CO[C@@H](CNS(=O)(=O)c1cccs1)c1ccc(C)s1. The second kappa shape index (κ2) is 6.15. The van der Waals surface area contributed by atoms with Gasteiger partial charge in [0.2, 0.25) is 10.0 Å². The van der Waals surface area contributed by atoms with E-state index in [4.69, 9.17) is 4.74 Å². The van der Waals surface area contributed by atoms with E-state index in [0.717, 1.165) is 4.88 Å². The van der Waals surface area contributed by atoms with E-state index in [2.05, 4.69) is 4.72 Å². The van der Waals surface area contributed by atoms with Crippen molar-refractivity contribution in [2.45, 2.75) is 17.2 Å². The van der Waals surface area contributed by atoms with Gasteiger partial charge in [-0.1, -0.05) is 6.07 Å². The van der Waals surface area contributed by atoms with Crippen LogP contribution in [0.4, 0.5) is 0 Å². The maximum absolute atomic E-state index is 12.0. The van der Waals surface area contributed by atoms with Crippen LogP contribution in [-0.2, 0) is 14.8 Å². The Kier molecular flexibility index (Phi) is 4.75. The average molecular weight is 317 g/mol. The van der Waals surface area contributed by atoms with Crippen molar-refractivity contribution in [1.82, 2.24) is 4.72 Å². The summed E-state index contributed by atoms with van der Waals surface area (Å²) in [5.74, 6) is 0. The molecule has 7 heteroatoms. The highest BCUT2D eigenvalue weighted by Gasteiger charge is 2.19. The van der Waals surface area contributed by atoms with Crippen LogP contribution in [0.2, 0.25) is 0 Å². The van der Waals surface area contributed by atoms with Gasteiger partial charge in [0.15, 0.2) is 0 Å². The molecule has 0 saturated heterocycles. The van der Waals surface area contributed by atoms with E-state index in [-0.39, 0.29) is 12.6 Å². The number of nitrogens with one attached hydrogen (secondary N) is 1. The quantitative estimate of drug-likeness (QED) is 0.891. The van der Waals surface area contributed by atoms with Crippen molar-refractivity contribution in [3.05, 3.63) is 39.4 Å². The minimum absolute atomic E-state index is 0.233. The summed E-state index contributed by atoms with van der Waals surface area (Å²) < 4.78 is 32.3. The molecular weight excluding hydrogens is 302 g/mol. The van der Waals surface area contributed by atoms with Gasteiger partial charge in [-0.3, -0.25) is 0 Å². The van der Waals surface area contributed by atoms with E-state index in [1.807, 2.05) is 19.1 Å². The second-order valence-electron chi connectivity index (χ2n) is 3.96. The van der Waals surface area contributed by atoms with E-state index in [1.165, 1.54) is 16.2 Å². The van der Waals surface area contributed by atoms with Gasteiger partial charge < -0.3 is 4.74 Å². The van der Waals surface area contributed by atoms with Gasteiger partial charge >= 0.3 is 0 Å². The molecule has 0 saturated carbocycles. The van der Waals surface area contributed by atoms with Crippen LogP contribution in [0.1, 0.15) is 15.9 Å². The minimum Gasteiger partial charge on any atom is -0.375 e. The van der Waals surface area contributed by atoms with Crippen molar-refractivity contribution >= 4 is 32.7 Å². The van der Waals surface area contributed by atoms with Crippen LogP contribution in [0.5, 0.6) is 0 Å². The maximum atomic E-state index is 12.0. The summed E-state index contributed by atoms with van der Waals surface area (Å²) >= 11 is 2.81. The number of ether oxygens (including phenoxy) is 1. The fraction of sp³-hybridized carbons (Fsp3) is 0.333. The van der Waals surface area contributed by atoms with Gasteiger partial charge in [0.05, 0.1) is 0 Å². The molecule has 0 aliphatic rings. The van der Waals surface area contributed by atoms with Crippen LogP contribution in [0, 0.1) is 6.92 Å². The highest BCUT2D eigenvalue weighted by molar-refractivity contribution is 7.91. The van der Waals surface area contributed by atoms with Gasteiger partial charge in [0.1, 0.15) is 10.3 Å². The molecule has 0 aromatic carbocycles. The summed E-state index contributed by atoms with van der Waals surface area (Å²) in [7, 11) is -1.85. The first kappa shape index (κ1) is 14.7. The summed E-state index contributed by atoms with van der Waals surface area (Å²) in [6, 6.07) is 7.27. The van der Waals surface area contributed by atoms with E-state index >= 15 is 0 Å². The summed E-state index contributed by atoms with van der Waals surface area (Å²) in [6.07, 6.45) is -0.256. The lowest BCUT2D eigenvalue weighted by Gasteiger charge is -2.14. The Morgan fingerprint density at radius 1 is 1.37 bits per heavy atom. The highest BCUT2D eigenvalue weighted by atomic mass is 32.2. The molecule has 4 nitrogen and oxygen atoms in total. The van der Waals surface area contributed by atoms with Gasteiger partial charge in [-0.15, -0.1) is 22.7 Å². The van der Waals surface area contributed by atoms with Gasteiger partial charge in [-0.25, -0.2) is 13.1 Å². The number of hydrogen-bond acceptors (Lipinski definition) is 5. The van der Waals surface area contributed by atoms with Crippen molar-refractivity contribution < 1.29 is 13.2 Å². The van der Waals surface area contributed by atoms with Gasteiger partial charge in [0.25, 0.3) is 0 Å². The predicted octanol–water partition coefficient (Wildman–Crippen LogP) is 2.78. The first-order valence-corrected chi connectivity index (χ1v) is 8.83. The third kappa shape index (κ3) is 3.64. The molecule has 2 rings (SSSR count). The highest BCUT2D eigenvalue weighted by Crippen LogP contribution is 2.25. The third-order valence-electron chi connectivity index (χ3n) is 2.58. The molecule has 0 bridgehead atoms. The first-order chi connectivity index (χ1) is 9.03. The Balaban J connectivity index is 2.05. The molecule has 0 radical (unpaired) electrons. The smallest absolute Gasteiger partial charge is 0.250 e. The molecule has 104 valence electrons. The van der Waals surface area contributed by atoms with Crippen molar-refractivity contribution in [1.29, 1.82) is 0 Å². The van der Waals surface area contributed by atoms with Gasteiger partial charge in [-0.05, 0) is 30.5 Å². The lowest BCUT2D eigenvalue weighted by atomic mass is 10.3. The fourth-order valence-electron chi connectivity index (χ4n) is 1.60. The van der Waals surface area contributed by atoms with E-state index in [0.29, 0.717) is 4.21 Å².